The Labute approximate surface area is 129 Å². The van der Waals surface area contributed by atoms with E-state index in [1.54, 1.807) is 32.0 Å². The molecule has 0 aliphatic heterocycles. The molecular weight excluding hydrogens is 321 g/mol. The van der Waals surface area contributed by atoms with Crippen molar-refractivity contribution in [1.82, 2.24) is 0 Å². The Balaban J connectivity index is 3.12. The van der Waals surface area contributed by atoms with Crippen molar-refractivity contribution < 1.29 is 13.2 Å². The second-order valence-corrected chi connectivity index (χ2v) is 7.80. The predicted octanol–water partition coefficient (Wildman–Crippen LogP) is 3.17. The van der Waals surface area contributed by atoms with Crippen LogP contribution in [0.15, 0.2) is 18.2 Å². The summed E-state index contributed by atoms with van der Waals surface area (Å²) in [5.41, 5.74) is 0.533. The number of hydrogen-bond acceptors (Lipinski definition) is 3. The van der Waals surface area contributed by atoms with Crippen LogP contribution in [-0.2, 0) is 14.6 Å². The topological polar surface area (TPSA) is 54.5 Å². The molecule has 0 bridgehead atoms. The van der Waals surface area contributed by atoms with Crippen LogP contribution < -0.4 is 4.90 Å². The van der Waals surface area contributed by atoms with Gasteiger partial charge in [-0.2, -0.15) is 0 Å². The van der Waals surface area contributed by atoms with Gasteiger partial charge in [-0.3, -0.25) is 4.79 Å². The van der Waals surface area contributed by atoms with Gasteiger partial charge in [-0.1, -0.05) is 30.1 Å². The average Bonchev–Trinajstić information content (AvgIpc) is 2.33. The first-order valence-corrected chi connectivity index (χ1v) is 8.73. The Morgan fingerprint density at radius 1 is 1.25 bits per heavy atom. The van der Waals surface area contributed by atoms with Gasteiger partial charge >= 0.3 is 0 Å². The van der Waals surface area contributed by atoms with Crippen molar-refractivity contribution in [3.8, 4) is 0 Å². The SMILES string of the molecule is CCS(=O)(=O)CC(=O)N(c1ccc(Cl)c(Cl)c1)C(C)C. The quantitative estimate of drug-likeness (QED) is 0.829. The highest BCUT2D eigenvalue weighted by atomic mass is 35.5. The summed E-state index contributed by atoms with van der Waals surface area (Å²) in [6.45, 7) is 5.12. The van der Waals surface area contributed by atoms with E-state index in [1.165, 1.54) is 11.8 Å². The van der Waals surface area contributed by atoms with Gasteiger partial charge in [-0.15, -0.1) is 0 Å². The number of rotatable bonds is 5. The van der Waals surface area contributed by atoms with Gasteiger partial charge in [0.2, 0.25) is 5.91 Å². The Morgan fingerprint density at radius 2 is 1.85 bits per heavy atom. The summed E-state index contributed by atoms with van der Waals surface area (Å²) >= 11 is 11.8. The highest BCUT2D eigenvalue weighted by Gasteiger charge is 2.24. The second kappa shape index (κ2) is 6.78. The Bertz CT molecular complexity index is 600. The molecule has 0 aliphatic rings. The normalized spacial score (nSPS) is 11.7. The van der Waals surface area contributed by atoms with Gasteiger partial charge in [0.1, 0.15) is 5.75 Å². The van der Waals surface area contributed by atoms with Crippen LogP contribution in [0.1, 0.15) is 20.8 Å². The number of sulfone groups is 1. The lowest BCUT2D eigenvalue weighted by Gasteiger charge is -2.27. The van der Waals surface area contributed by atoms with Crippen LogP contribution in [0.25, 0.3) is 0 Å². The number of carbonyl (C=O) groups excluding carboxylic acids is 1. The first-order valence-electron chi connectivity index (χ1n) is 6.15. The van der Waals surface area contributed by atoms with Crippen molar-refractivity contribution in [3.63, 3.8) is 0 Å². The largest absolute Gasteiger partial charge is 0.309 e. The average molecular weight is 338 g/mol. The highest BCUT2D eigenvalue weighted by Crippen LogP contribution is 2.28. The fraction of sp³-hybridized carbons (Fsp3) is 0.462. The van der Waals surface area contributed by atoms with E-state index in [2.05, 4.69) is 0 Å². The van der Waals surface area contributed by atoms with Crippen LogP contribution in [-0.4, -0.2) is 31.9 Å². The third kappa shape index (κ3) is 4.36. The van der Waals surface area contributed by atoms with Crippen molar-refractivity contribution in [2.45, 2.75) is 26.8 Å². The number of hydrogen-bond donors (Lipinski definition) is 0. The van der Waals surface area contributed by atoms with Gasteiger partial charge in [0, 0.05) is 17.5 Å². The molecule has 0 atom stereocenters. The van der Waals surface area contributed by atoms with E-state index in [-0.39, 0.29) is 11.8 Å². The summed E-state index contributed by atoms with van der Waals surface area (Å²) in [4.78, 5) is 13.6. The molecule has 7 heteroatoms. The minimum atomic E-state index is -3.37. The van der Waals surface area contributed by atoms with Gasteiger partial charge in [0.15, 0.2) is 9.84 Å². The molecule has 0 radical (unpaired) electrons. The summed E-state index contributed by atoms with van der Waals surface area (Å²) in [5.74, 6) is -1.05. The molecule has 0 N–H and O–H groups in total. The van der Waals surface area contributed by atoms with Crippen LogP contribution >= 0.6 is 23.2 Å². The third-order valence-corrected chi connectivity index (χ3v) is 5.06. The van der Waals surface area contributed by atoms with Crippen molar-refractivity contribution in [1.29, 1.82) is 0 Å². The number of halogens is 2. The number of amides is 1. The fourth-order valence-corrected chi connectivity index (χ4v) is 2.74. The van der Waals surface area contributed by atoms with Crippen LogP contribution in [0.3, 0.4) is 0 Å². The summed E-state index contributed by atoms with van der Waals surface area (Å²) < 4.78 is 23.2. The van der Waals surface area contributed by atoms with Crippen molar-refractivity contribution >= 4 is 44.6 Å². The summed E-state index contributed by atoms with van der Waals surface area (Å²) in [6, 6.07) is 4.59. The third-order valence-electron chi connectivity index (χ3n) is 2.75. The van der Waals surface area contributed by atoms with E-state index in [1.807, 2.05) is 0 Å². The maximum atomic E-state index is 12.2. The lowest BCUT2D eigenvalue weighted by Crippen LogP contribution is -2.41. The number of carbonyl (C=O) groups is 1. The molecule has 0 aliphatic carbocycles. The molecular formula is C13H17Cl2NO3S. The molecule has 1 rings (SSSR count). The van der Waals surface area contributed by atoms with Crippen LogP contribution in [0.5, 0.6) is 0 Å². The first kappa shape index (κ1) is 17.3. The van der Waals surface area contributed by atoms with Crippen LogP contribution in [0.4, 0.5) is 5.69 Å². The zero-order chi connectivity index (χ0) is 15.5. The first-order chi connectivity index (χ1) is 9.18. The van der Waals surface area contributed by atoms with E-state index in [0.717, 1.165) is 0 Å². The number of nitrogens with zero attached hydrogens (tertiary/aromatic N) is 1. The van der Waals surface area contributed by atoms with Gasteiger partial charge in [-0.05, 0) is 32.0 Å². The summed E-state index contributed by atoms with van der Waals surface area (Å²) in [5, 5.41) is 0.703. The second-order valence-electron chi connectivity index (χ2n) is 4.63. The number of anilines is 1. The maximum absolute atomic E-state index is 12.2. The minimum Gasteiger partial charge on any atom is -0.309 e. The smallest absolute Gasteiger partial charge is 0.242 e. The van der Waals surface area contributed by atoms with Crippen molar-refractivity contribution in [2.24, 2.45) is 0 Å². The molecule has 0 unspecified atom stereocenters. The molecule has 1 aromatic rings. The van der Waals surface area contributed by atoms with E-state index in [9.17, 15) is 13.2 Å². The molecule has 0 spiro atoms. The molecule has 0 saturated carbocycles. The highest BCUT2D eigenvalue weighted by molar-refractivity contribution is 7.92. The lowest BCUT2D eigenvalue weighted by molar-refractivity contribution is -0.116. The molecule has 1 amide bonds. The molecule has 112 valence electrons. The maximum Gasteiger partial charge on any atom is 0.242 e. The van der Waals surface area contributed by atoms with Crippen molar-refractivity contribution in [3.05, 3.63) is 28.2 Å². The standard InChI is InChI=1S/C13H17Cl2NO3S/c1-4-20(18,19)8-13(17)16(9(2)3)10-5-6-11(14)12(15)7-10/h5-7,9H,4,8H2,1-3H3. The van der Waals surface area contributed by atoms with Crippen molar-refractivity contribution in [2.75, 3.05) is 16.4 Å². The summed E-state index contributed by atoms with van der Waals surface area (Å²) in [7, 11) is -3.37. The molecule has 0 saturated heterocycles. The monoisotopic (exact) mass is 337 g/mol. The Morgan fingerprint density at radius 3 is 2.30 bits per heavy atom. The molecule has 1 aromatic carbocycles. The van der Waals surface area contributed by atoms with Crippen LogP contribution in [0, 0.1) is 0 Å². The molecule has 4 nitrogen and oxygen atoms in total. The fourth-order valence-electron chi connectivity index (χ4n) is 1.72. The Kier molecular flexibility index (Phi) is 5.86. The molecule has 0 aromatic heterocycles. The summed E-state index contributed by atoms with van der Waals surface area (Å²) in [6.07, 6.45) is 0. The number of benzene rings is 1. The Hall–Kier alpha value is -0.780. The van der Waals surface area contributed by atoms with E-state index < -0.39 is 21.5 Å². The van der Waals surface area contributed by atoms with E-state index in [0.29, 0.717) is 15.7 Å². The van der Waals surface area contributed by atoms with Gasteiger partial charge in [0.25, 0.3) is 0 Å². The molecule has 0 heterocycles. The van der Waals surface area contributed by atoms with Gasteiger partial charge in [-0.25, -0.2) is 8.42 Å². The molecule has 0 fully saturated rings. The lowest BCUT2D eigenvalue weighted by atomic mass is 10.2. The zero-order valence-corrected chi connectivity index (χ0v) is 13.9. The van der Waals surface area contributed by atoms with Gasteiger partial charge < -0.3 is 4.90 Å². The van der Waals surface area contributed by atoms with Gasteiger partial charge in [0.05, 0.1) is 10.0 Å². The predicted molar refractivity (Wildman–Crippen MR) is 83.4 cm³/mol. The van der Waals surface area contributed by atoms with Crippen LogP contribution in [0.2, 0.25) is 10.0 Å². The zero-order valence-electron chi connectivity index (χ0n) is 11.6. The van der Waals surface area contributed by atoms with E-state index in [4.69, 9.17) is 23.2 Å². The minimum absolute atomic E-state index is 0.0634. The molecule has 20 heavy (non-hydrogen) atoms. The van der Waals surface area contributed by atoms with E-state index >= 15 is 0 Å².